The Morgan fingerprint density at radius 3 is 2.61 bits per heavy atom. The molecule has 0 radical (unpaired) electrons. The van der Waals surface area contributed by atoms with Gasteiger partial charge < -0.3 is 19.2 Å². The minimum Gasteiger partial charge on any atom is -0.459 e. The second-order valence-corrected chi connectivity index (χ2v) is 6.22. The highest BCUT2D eigenvalue weighted by Crippen LogP contribution is 2.46. The van der Waals surface area contributed by atoms with Crippen LogP contribution >= 0.6 is 0 Å². The lowest BCUT2D eigenvalue weighted by molar-refractivity contribution is -0.105. The maximum Gasteiger partial charge on any atom is 0.291 e. The smallest absolute Gasteiger partial charge is 0.291 e. The molecule has 1 saturated carbocycles. The topological polar surface area (TPSA) is 60.7 Å². The summed E-state index contributed by atoms with van der Waals surface area (Å²) in [6.45, 7) is 1.84. The van der Waals surface area contributed by atoms with Crippen LogP contribution in [-0.2, 0) is 0 Å². The van der Waals surface area contributed by atoms with Gasteiger partial charge >= 0.3 is 0 Å². The van der Waals surface area contributed by atoms with E-state index in [1.807, 2.05) is 25.1 Å². The molecule has 5 nitrogen and oxygen atoms in total. The summed E-state index contributed by atoms with van der Waals surface area (Å²) in [4.78, 5) is 12.2. The normalized spacial score (nSPS) is 18.1. The van der Waals surface area contributed by atoms with Crippen LogP contribution in [0.1, 0.15) is 48.2 Å². The molecule has 2 heterocycles. The molecule has 0 atom stereocenters. The summed E-state index contributed by atoms with van der Waals surface area (Å²) in [5.41, 5.74) is 1.48. The minimum absolute atomic E-state index is 0.265. The predicted molar refractivity (Wildman–Crippen MR) is 84.9 cm³/mol. The van der Waals surface area contributed by atoms with Crippen molar-refractivity contribution in [2.24, 2.45) is 0 Å². The lowest BCUT2D eigenvalue weighted by atomic mass is 9.94. The molecule has 0 saturated heterocycles. The molecule has 1 aliphatic heterocycles. The molecule has 2 aliphatic rings. The Kier molecular flexibility index (Phi) is 3.29. The lowest BCUT2D eigenvalue weighted by Crippen LogP contribution is -2.40. The summed E-state index contributed by atoms with van der Waals surface area (Å²) in [5, 5.41) is 2.84. The van der Waals surface area contributed by atoms with Crippen molar-refractivity contribution in [1.29, 1.82) is 0 Å². The van der Waals surface area contributed by atoms with Gasteiger partial charge in [-0.1, -0.05) is 6.42 Å². The third-order valence-corrected chi connectivity index (χ3v) is 4.48. The van der Waals surface area contributed by atoms with Crippen molar-refractivity contribution in [3.63, 3.8) is 0 Å². The molecular weight excluding hydrogens is 294 g/mol. The van der Waals surface area contributed by atoms with Crippen molar-refractivity contribution in [3.8, 4) is 11.5 Å². The van der Waals surface area contributed by atoms with Crippen LogP contribution in [0, 0.1) is 6.92 Å². The fourth-order valence-corrected chi connectivity index (χ4v) is 3.26. The highest BCUT2D eigenvalue weighted by Gasteiger charge is 2.42. The molecule has 0 bridgehead atoms. The number of rotatable bonds is 2. The number of ether oxygens (including phenoxy) is 2. The number of hydrogen-bond donors (Lipinski definition) is 1. The van der Waals surface area contributed by atoms with Gasteiger partial charge in [-0.3, -0.25) is 4.79 Å². The Bertz CT molecular complexity index is 743. The number of benzene rings is 1. The average molecular weight is 313 g/mol. The number of hydrogen-bond acceptors (Lipinski definition) is 4. The minimum atomic E-state index is -0.499. The van der Waals surface area contributed by atoms with Gasteiger partial charge in [-0.25, -0.2) is 0 Å². The number of anilines is 1. The van der Waals surface area contributed by atoms with Gasteiger partial charge in [0, 0.05) is 30.2 Å². The average Bonchev–Trinajstić information content (AvgIpc) is 3.11. The second kappa shape index (κ2) is 5.33. The number of fused-ring (bicyclic) bond motifs is 1. The van der Waals surface area contributed by atoms with Gasteiger partial charge in [0.15, 0.2) is 17.3 Å². The zero-order chi connectivity index (χ0) is 15.9. The highest BCUT2D eigenvalue weighted by atomic mass is 16.7. The van der Waals surface area contributed by atoms with E-state index in [9.17, 15) is 4.79 Å². The van der Waals surface area contributed by atoms with E-state index in [4.69, 9.17) is 13.9 Å². The quantitative estimate of drug-likeness (QED) is 0.899. The van der Waals surface area contributed by atoms with Crippen molar-refractivity contribution in [1.82, 2.24) is 0 Å². The zero-order valence-electron chi connectivity index (χ0n) is 13.1. The first-order chi connectivity index (χ1) is 11.2. The Morgan fingerprint density at radius 1 is 1.09 bits per heavy atom. The Balaban J connectivity index is 1.52. The fourth-order valence-electron chi connectivity index (χ4n) is 3.26. The number of furan rings is 1. The number of amides is 1. The molecule has 1 N–H and O–H groups in total. The molecule has 2 aromatic rings. The third-order valence-electron chi connectivity index (χ3n) is 4.48. The zero-order valence-corrected chi connectivity index (χ0v) is 13.1. The molecule has 120 valence electrons. The number of carbonyl (C=O) groups excluding carboxylic acids is 1. The van der Waals surface area contributed by atoms with E-state index < -0.39 is 5.79 Å². The van der Waals surface area contributed by atoms with Gasteiger partial charge in [-0.2, -0.15) is 0 Å². The van der Waals surface area contributed by atoms with Crippen molar-refractivity contribution in [2.75, 3.05) is 5.32 Å². The van der Waals surface area contributed by atoms with E-state index in [-0.39, 0.29) is 5.91 Å². The van der Waals surface area contributed by atoms with Crippen LogP contribution in [-0.4, -0.2) is 11.7 Å². The lowest BCUT2D eigenvalue weighted by Gasteiger charge is -2.31. The van der Waals surface area contributed by atoms with Gasteiger partial charge in [-0.15, -0.1) is 0 Å². The largest absolute Gasteiger partial charge is 0.459 e. The van der Waals surface area contributed by atoms with E-state index in [1.54, 1.807) is 6.07 Å². The van der Waals surface area contributed by atoms with E-state index in [2.05, 4.69) is 5.32 Å². The van der Waals surface area contributed by atoms with Gasteiger partial charge in [0.2, 0.25) is 0 Å². The molecule has 1 aliphatic carbocycles. The van der Waals surface area contributed by atoms with Crippen LogP contribution in [0.3, 0.4) is 0 Å². The van der Waals surface area contributed by atoms with Gasteiger partial charge in [0.05, 0.1) is 6.26 Å². The molecule has 0 unspecified atom stereocenters. The number of aryl methyl sites for hydroxylation is 1. The summed E-state index contributed by atoms with van der Waals surface area (Å²) < 4.78 is 17.3. The fraction of sp³-hybridized carbons (Fsp3) is 0.389. The SMILES string of the molecule is Cc1ccoc1C(=O)Nc1ccc2c(c1)OC1(CCCCC1)O2. The van der Waals surface area contributed by atoms with Gasteiger partial charge in [-0.05, 0) is 38.0 Å². The summed E-state index contributed by atoms with van der Waals surface area (Å²) in [6, 6.07) is 7.25. The monoisotopic (exact) mass is 313 g/mol. The molecule has 1 aromatic carbocycles. The summed E-state index contributed by atoms with van der Waals surface area (Å²) >= 11 is 0. The second-order valence-electron chi connectivity index (χ2n) is 6.22. The van der Waals surface area contributed by atoms with Gasteiger partial charge in [0.25, 0.3) is 11.7 Å². The molecule has 1 spiro atoms. The maximum absolute atomic E-state index is 12.2. The van der Waals surface area contributed by atoms with E-state index in [0.717, 1.165) is 37.0 Å². The van der Waals surface area contributed by atoms with Crippen LogP contribution < -0.4 is 14.8 Å². The molecule has 23 heavy (non-hydrogen) atoms. The summed E-state index contributed by atoms with van der Waals surface area (Å²) in [6.07, 6.45) is 6.81. The molecule has 4 rings (SSSR count). The molecule has 1 aromatic heterocycles. The first-order valence-electron chi connectivity index (χ1n) is 8.03. The van der Waals surface area contributed by atoms with Crippen LogP contribution in [0.5, 0.6) is 11.5 Å². The van der Waals surface area contributed by atoms with Crippen LogP contribution in [0.2, 0.25) is 0 Å². The highest BCUT2D eigenvalue weighted by molar-refractivity contribution is 6.03. The first-order valence-corrected chi connectivity index (χ1v) is 8.03. The molecular formula is C18H19NO4. The molecule has 1 amide bonds. The Morgan fingerprint density at radius 2 is 1.87 bits per heavy atom. The van der Waals surface area contributed by atoms with Crippen LogP contribution in [0.25, 0.3) is 0 Å². The van der Waals surface area contributed by atoms with E-state index in [1.165, 1.54) is 12.7 Å². The summed E-state index contributed by atoms with van der Waals surface area (Å²) in [7, 11) is 0. The molecule has 1 fully saturated rings. The van der Waals surface area contributed by atoms with Crippen molar-refractivity contribution in [3.05, 3.63) is 41.9 Å². The number of nitrogens with one attached hydrogen (secondary N) is 1. The number of carbonyl (C=O) groups is 1. The third kappa shape index (κ3) is 2.56. The predicted octanol–water partition coefficient (Wildman–Crippen LogP) is 4.27. The van der Waals surface area contributed by atoms with Crippen molar-refractivity contribution < 1.29 is 18.7 Å². The standard InChI is InChI=1S/C18H19NO4/c1-12-7-10-21-16(12)17(20)19-13-5-6-14-15(11-13)23-18(22-14)8-3-2-4-9-18/h5-7,10-11H,2-4,8-9H2,1H3,(H,19,20). The maximum atomic E-state index is 12.2. The Labute approximate surface area is 134 Å². The Hall–Kier alpha value is -2.43. The van der Waals surface area contributed by atoms with Crippen molar-refractivity contribution >= 4 is 11.6 Å². The van der Waals surface area contributed by atoms with Crippen molar-refractivity contribution in [2.45, 2.75) is 44.8 Å². The van der Waals surface area contributed by atoms with Gasteiger partial charge in [0.1, 0.15) is 0 Å². The van der Waals surface area contributed by atoms with Crippen LogP contribution in [0.15, 0.2) is 34.9 Å². The molecule has 5 heteroatoms. The van der Waals surface area contributed by atoms with E-state index in [0.29, 0.717) is 17.2 Å². The van der Waals surface area contributed by atoms with E-state index >= 15 is 0 Å². The summed E-state index contributed by atoms with van der Waals surface area (Å²) in [5.74, 6) is 1.01. The van der Waals surface area contributed by atoms with Crippen LogP contribution in [0.4, 0.5) is 5.69 Å². The first kappa shape index (κ1) is 14.2.